The minimum Gasteiger partial charge on any atom is -0.493 e. The van der Waals surface area contributed by atoms with Crippen LogP contribution in [0.1, 0.15) is 36.6 Å². The Hall–Kier alpha value is -1.93. The third-order valence-electron chi connectivity index (χ3n) is 4.53. The number of aromatic nitrogens is 1. The Bertz CT molecular complexity index is 854. The molecule has 1 fully saturated rings. The van der Waals surface area contributed by atoms with Gasteiger partial charge in [-0.05, 0) is 24.6 Å². The van der Waals surface area contributed by atoms with Gasteiger partial charge in [0.25, 0.3) is 0 Å². The maximum atomic E-state index is 12.5. The summed E-state index contributed by atoms with van der Waals surface area (Å²) < 4.78 is 6.62. The molecule has 8 heteroatoms. The number of hydrogen-bond acceptors (Lipinski definition) is 5. The van der Waals surface area contributed by atoms with Crippen LogP contribution in [0.2, 0.25) is 0 Å². The SMILES string of the molecule is O=C(Cc1csc(N2CCCC2=O)n1)NC1CCOc2ccc(Br)cc21. The van der Waals surface area contributed by atoms with Gasteiger partial charge in [-0.25, -0.2) is 4.98 Å². The van der Waals surface area contributed by atoms with E-state index in [0.717, 1.165) is 28.6 Å². The van der Waals surface area contributed by atoms with Crippen LogP contribution in [0, 0.1) is 0 Å². The number of ether oxygens (including phenoxy) is 1. The lowest BCUT2D eigenvalue weighted by atomic mass is 10.0. The van der Waals surface area contributed by atoms with Crippen molar-refractivity contribution in [3.8, 4) is 5.75 Å². The first kappa shape index (κ1) is 17.5. The highest BCUT2D eigenvalue weighted by Gasteiger charge is 2.26. The van der Waals surface area contributed by atoms with Crippen molar-refractivity contribution in [1.29, 1.82) is 0 Å². The van der Waals surface area contributed by atoms with Crippen LogP contribution in [0.5, 0.6) is 5.75 Å². The molecule has 2 aliphatic heterocycles. The van der Waals surface area contributed by atoms with Crippen LogP contribution >= 0.6 is 27.3 Å². The number of carbonyl (C=O) groups excluding carboxylic acids is 2. The summed E-state index contributed by atoms with van der Waals surface area (Å²) in [5.41, 5.74) is 1.68. The molecule has 136 valence electrons. The van der Waals surface area contributed by atoms with Crippen LogP contribution < -0.4 is 15.0 Å². The molecule has 26 heavy (non-hydrogen) atoms. The van der Waals surface area contributed by atoms with Crippen molar-refractivity contribution in [2.75, 3.05) is 18.1 Å². The molecule has 0 saturated carbocycles. The van der Waals surface area contributed by atoms with E-state index in [-0.39, 0.29) is 24.3 Å². The minimum absolute atomic E-state index is 0.0676. The second-order valence-electron chi connectivity index (χ2n) is 6.39. The Kier molecular flexibility index (Phi) is 4.95. The number of amides is 2. The summed E-state index contributed by atoms with van der Waals surface area (Å²) in [6, 6.07) is 5.76. The molecule has 2 aromatic rings. The summed E-state index contributed by atoms with van der Waals surface area (Å²) >= 11 is 4.89. The van der Waals surface area contributed by atoms with Gasteiger partial charge in [0.15, 0.2) is 5.13 Å². The predicted octanol–water partition coefficient (Wildman–Crippen LogP) is 3.21. The van der Waals surface area contributed by atoms with Crippen molar-refractivity contribution in [1.82, 2.24) is 10.3 Å². The van der Waals surface area contributed by atoms with E-state index in [4.69, 9.17) is 4.74 Å². The van der Waals surface area contributed by atoms with Crippen LogP contribution in [-0.2, 0) is 16.0 Å². The fraction of sp³-hybridized carbons (Fsp3) is 0.389. The van der Waals surface area contributed by atoms with E-state index in [2.05, 4.69) is 26.2 Å². The molecule has 1 saturated heterocycles. The molecule has 3 heterocycles. The topological polar surface area (TPSA) is 71.5 Å². The van der Waals surface area contributed by atoms with Gasteiger partial charge >= 0.3 is 0 Å². The van der Waals surface area contributed by atoms with E-state index in [0.29, 0.717) is 30.4 Å². The zero-order valence-electron chi connectivity index (χ0n) is 14.0. The van der Waals surface area contributed by atoms with Gasteiger partial charge in [-0.1, -0.05) is 15.9 Å². The third kappa shape index (κ3) is 3.61. The van der Waals surface area contributed by atoms with Gasteiger partial charge in [0.1, 0.15) is 5.75 Å². The molecule has 0 radical (unpaired) electrons. The number of halogens is 1. The number of rotatable bonds is 4. The summed E-state index contributed by atoms with van der Waals surface area (Å²) in [6.45, 7) is 1.29. The van der Waals surface area contributed by atoms with Crippen molar-refractivity contribution in [3.63, 3.8) is 0 Å². The molecule has 0 aliphatic carbocycles. The summed E-state index contributed by atoms with van der Waals surface area (Å²) in [6.07, 6.45) is 2.39. The largest absolute Gasteiger partial charge is 0.493 e. The number of nitrogens with zero attached hydrogens (tertiary/aromatic N) is 2. The zero-order valence-corrected chi connectivity index (χ0v) is 16.4. The maximum Gasteiger partial charge on any atom is 0.228 e. The van der Waals surface area contributed by atoms with Gasteiger partial charge in [0.2, 0.25) is 11.8 Å². The lowest BCUT2D eigenvalue weighted by molar-refractivity contribution is -0.121. The average molecular weight is 436 g/mol. The number of thiazole rings is 1. The highest BCUT2D eigenvalue weighted by Crippen LogP contribution is 2.34. The van der Waals surface area contributed by atoms with E-state index >= 15 is 0 Å². The number of anilines is 1. The van der Waals surface area contributed by atoms with Crippen LogP contribution in [0.3, 0.4) is 0 Å². The normalized spacial score (nSPS) is 19.2. The Morgan fingerprint density at radius 1 is 1.46 bits per heavy atom. The molecule has 1 aromatic carbocycles. The first-order valence-corrected chi connectivity index (χ1v) is 10.2. The van der Waals surface area contributed by atoms with Gasteiger partial charge in [-0.15, -0.1) is 11.3 Å². The van der Waals surface area contributed by atoms with Gasteiger partial charge in [0.05, 0.1) is 24.8 Å². The van der Waals surface area contributed by atoms with Crippen LogP contribution in [0.15, 0.2) is 28.1 Å². The maximum absolute atomic E-state index is 12.5. The standard InChI is InChI=1S/C18H18BrN3O3S/c19-11-3-4-15-13(8-11)14(5-7-25-15)21-16(23)9-12-10-26-18(20-12)22-6-1-2-17(22)24/h3-4,8,10,14H,1-2,5-7,9H2,(H,21,23). The van der Waals surface area contributed by atoms with E-state index < -0.39 is 0 Å². The van der Waals surface area contributed by atoms with E-state index in [9.17, 15) is 9.59 Å². The van der Waals surface area contributed by atoms with Crippen LogP contribution in [-0.4, -0.2) is 29.9 Å². The molecule has 6 nitrogen and oxygen atoms in total. The smallest absolute Gasteiger partial charge is 0.228 e. The van der Waals surface area contributed by atoms with Crippen molar-refractivity contribution in [3.05, 3.63) is 39.3 Å². The second-order valence-corrected chi connectivity index (χ2v) is 8.14. The molecule has 2 amide bonds. The summed E-state index contributed by atoms with van der Waals surface area (Å²) in [7, 11) is 0. The fourth-order valence-electron chi connectivity index (χ4n) is 3.28. The number of fused-ring (bicyclic) bond motifs is 1. The lowest BCUT2D eigenvalue weighted by Gasteiger charge is -2.26. The molecular weight excluding hydrogens is 418 g/mol. The highest BCUT2D eigenvalue weighted by molar-refractivity contribution is 9.10. The van der Waals surface area contributed by atoms with Gasteiger partial charge in [-0.3, -0.25) is 14.5 Å². The fourth-order valence-corrected chi connectivity index (χ4v) is 4.52. The predicted molar refractivity (Wildman–Crippen MR) is 103 cm³/mol. The van der Waals surface area contributed by atoms with Crippen molar-refractivity contribution in [2.45, 2.75) is 31.7 Å². The lowest BCUT2D eigenvalue weighted by Crippen LogP contribution is -2.33. The van der Waals surface area contributed by atoms with Crippen LogP contribution in [0.25, 0.3) is 0 Å². The summed E-state index contributed by atoms with van der Waals surface area (Å²) in [4.78, 5) is 30.5. The van der Waals surface area contributed by atoms with E-state index in [1.165, 1.54) is 11.3 Å². The quantitative estimate of drug-likeness (QED) is 0.799. The molecule has 1 aromatic heterocycles. The Labute approximate surface area is 163 Å². The monoisotopic (exact) mass is 435 g/mol. The molecule has 1 unspecified atom stereocenters. The third-order valence-corrected chi connectivity index (χ3v) is 5.94. The Morgan fingerprint density at radius 2 is 2.35 bits per heavy atom. The first-order chi connectivity index (χ1) is 12.6. The highest BCUT2D eigenvalue weighted by atomic mass is 79.9. The van der Waals surface area contributed by atoms with Crippen molar-refractivity contribution in [2.24, 2.45) is 0 Å². The average Bonchev–Trinajstić information content (AvgIpc) is 3.24. The van der Waals surface area contributed by atoms with Crippen LogP contribution in [0.4, 0.5) is 5.13 Å². The van der Waals surface area contributed by atoms with Gasteiger partial charge in [-0.2, -0.15) is 0 Å². The Morgan fingerprint density at radius 3 is 3.15 bits per heavy atom. The molecule has 4 rings (SSSR count). The minimum atomic E-state index is -0.0765. The summed E-state index contributed by atoms with van der Waals surface area (Å²) in [5, 5.41) is 5.63. The molecular formula is C18H18BrN3O3S. The number of nitrogens with one attached hydrogen (secondary N) is 1. The molecule has 0 spiro atoms. The molecule has 1 atom stereocenters. The van der Waals surface area contributed by atoms with Gasteiger partial charge in [0, 0.05) is 34.8 Å². The number of carbonyl (C=O) groups is 2. The molecule has 0 bridgehead atoms. The van der Waals surface area contributed by atoms with E-state index in [1.54, 1.807) is 4.90 Å². The first-order valence-electron chi connectivity index (χ1n) is 8.56. The molecule has 2 aliphatic rings. The van der Waals surface area contributed by atoms with E-state index in [1.807, 2.05) is 23.6 Å². The van der Waals surface area contributed by atoms with Crippen molar-refractivity contribution < 1.29 is 14.3 Å². The zero-order chi connectivity index (χ0) is 18.1. The number of hydrogen-bond donors (Lipinski definition) is 1. The number of benzene rings is 1. The van der Waals surface area contributed by atoms with Gasteiger partial charge < -0.3 is 10.1 Å². The second kappa shape index (κ2) is 7.36. The summed E-state index contributed by atoms with van der Waals surface area (Å²) in [5.74, 6) is 0.848. The Balaban J connectivity index is 1.42. The van der Waals surface area contributed by atoms with Crippen molar-refractivity contribution >= 4 is 44.2 Å². The molecule has 1 N–H and O–H groups in total.